The van der Waals surface area contributed by atoms with Gasteiger partial charge in [0.25, 0.3) is 0 Å². The third-order valence-corrected chi connectivity index (χ3v) is 3.73. The molecule has 3 nitrogen and oxygen atoms in total. The fraction of sp³-hybridized carbons (Fsp3) is 0.143. The summed E-state index contributed by atoms with van der Waals surface area (Å²) >= 11 is 3.55. The summed E-state index contributed by atoms with van der Waals surface area (Å²) in [6, 6.07) is 15.9. The number of nitrogens with one attached hydrogen (secondary N) is 1. The zero-order chi connectivity index (χ0) is 13.0. The van der Waals surface area contributed by atoms with E-state index in [1.54, 1.807) is 0 Å². The maximum atomic E-state index is 5.98. The molecule has 0 aliphatic rings. The van der Waals surface area contributed by atoms with Gasteiger partial charge in [-0.3, -0.25) is 11.3 Å². The molecule has 0 heterocycles. The highest BCUT2D eigenvalue weighted by Gasteiger charge is 2.14. The summed E-state index contributed by atoms with van der Waals surface area (Å²) in [5.74, 6) is 5.65. The van der Waals surface area contributed by atoms with Crippen LogP contribution >= 0.6 is 15.9 Å². The van der Waals surface area contributed by atoms with Crippen LogP contribution in [-0.2, 0) is 6.42 Å². The van der Waals surface area contributed by atoms with Crippen molar-refractivity contribution in [1.82, 2.24) is 5.43 Å². The Kier molecular flexibility index (Phi) is 4.36. The number of nitrogens with two attached hydrogens (primary N) is 2. The molecule has 0 aliphatic heterocycles. The molecule has 0 fully saturated rings. The van der Waals surface area contributed by atoms with Crippen LogP contribution in [0.4, 0.5) is 5.69 Å². The van der Waals surface area contributed by atoms with E-state index in [0.29, 0.717) is 0 Å². The van der Waals surface area contributed by atoms with Crippen molar-refractivity contribution in [2.75, 3.05) is 5.73 Å². The Balaban J connectivity index is 2.26. The van der Waals surface area contributed by atoms with Gasteiger partial charge < -0.3 is 5.73 Å². The number of rotatable bonds is 4. The topological polar surface area (TPSA) is 64.1 Å². The Morgan fingerprint density at radius 2 is 1.72 bits per heavy atom. The molecule has 4 heteroatoms. The Morgan fingerprint density at radius 1 is 1.06 bits per heavy atom. The highest BCUT2D eigenvalue weighted by Crippen LogP contribution is 2.26. The molecule has 0 amide bonds. The summed E-state index contributed by atoms with van der Waals surface area (Å²) in [6.45, 7) is 0. The van der Waals surface area contributed by atoms with Crippen molar-refractivity contribution >= 4 is 21.6 Å². The summed E-state index contributed by atoms with van der Waals surface area (Å²) in [6.07, 6.45) is 0.784. The second-order valence-electron chi connectivity index (χ2n) is 4.14. The average molecular weight is 306 g/mol. The minimum absolute atomic E-state index is 0.00454. The van der Waals surface area contributed by atoms with Crippen molar-refractivity contribution < 1.29 is 0 Å². The van der Waals surface area contributed by atoms with Gasteiger partial charge in [-0.1, -0.05) is 52.3 Å². The van der Waals surface area contributed by atoms with Crippen LogP contribution in [0.5, 0.6) is 0 Å². The zero-order valence-electron chi connectivity index (χ0n) is 9.94. The molecule has 0 radical (unpaired) electrons. The van der Waals surface area contributed by atoms with Crippen LogP contribution < -0.4 is 17.0 Å². The minimum atomic E-state index is 0.00454. The van der Waals surface area contributed by atoms with Crippen molar-refractivity contribution in [3.63, 3.8) is 0 Å². The first-order valence-electron chi connectivity index (χ1n) is 5.76. The monoisotopic (exact) mass is 305 g/mol. The van der Waals surface area contributed by atoms with Crippen LogP contribution in [0.15, 0.2) is 53.0 Å². The Labute approximate surface area is 115 Å². The molecule has 0 saturated carbocycles. The quantitative estimate of drug-likeness (QED) is 0.462. The highest BCUT2D eigenvalue weighted by atomic mass is 79.9. The van der Waals surface area contributed by atoms with Crippen LogP contribution in [0, 0.1) is 0 Å². The first kappa shape index (κ1) is 13.1. The van der Waals surface area contributed by atoms with Gasteiger partial charge in [0.1, 0.15) is 0 Å². The molecule has 5 N–H and O–H groups in total. The molecule has 2 aromatic rings. The average Bonchev–Trinajstić information content (AvgIpc) is 2.39. The van der Waals surface area contributed by atoms with E-state index < -0.39 is 0 Å². The summed E-state index contributed by atoms with van der Waals surface area (Å²) in [7, 11) is 0. The van der Waals surface area contributed by atoms with Crippen molar-refractivity contribution in [3.05, 3.63) is 64.1 Å². The summed E-state index contributed by atoms with van der Waals surface area (Å²) in [5, 5.41) is 0. The molecule has 18 heavy (non-hydrogen) atoms. The van der Waals surface area contributed by atoms with E-state index in [4.69, 9.17) is 11.6 Å². The third kappa shape index (κ3) is 2.90. The Morgan fingerprint density at radius 3 is 2.39 bits per heavy atom. The van der Waals surface area contributed by atoms with E-state index in [2.05, 4.69) is 27.4 Å². The van der Waals surface area contributed by atoms with Gasteiger partial charge in [0.2, 0.25) is 0 Å². The van der Waals surface area contributed by atoms with E-state index in [1.807, 2.05) is 42.5 Å². The molecule has 2 rings (SSSR count). The first-order chi connectivity index (χ1) is 8.72. The van der Waals surface area contributed by atoms with Gasteiger partial charge >= 0.3 is 0 Å². The molecule has 0 aromatic heterocycles. The van der Waals surface area contributed by atoms with E-state index in [9.17, 15) is 0 Å². The largest absolute Gasteiger partial charge is 0.398 e. The molecule has 1 unspecified atom stereocenters. The molecular formula is C14H16BrN3. The van der Waals surface area contributed by atoms with Gasteiger partial charge in [0, 0.05) is 10.2 Å². The van der Waals surface area contributed by atoms with Gasteiger partial charge in [-0.15, -0.1) is 0 Å². The second-order valence-corrected chi connectivity index (χ2v) is 5.00. The van der Waals surface area contributed by atoms with Crippen LogP contribution in [0.25, 0.3) is 0 Å². The second kappa shape index (κ2) is 6.00. The van der Waals surface area contributed by atoms with Crippen LogP contribution in [-0.4, -0.2) is 0 Å². The minimum Gasteiger partial charge on any atom is -0.398 e. The van der Waals surface area contributed by atoms with E-state index in [1.165, 1.54) is 5.56 Å². The van der Waals surface area contributed by atoms with Crippen molar-refractivity contribution in [2.24, 2.45) is 5.84 Å². The summed E-state index contributed by atoms with van der Waals surface area (Å²) < 4.78 is 1.08. The molecule has 1 atom stereocenters. The van der Waals surface area contributed by atoms with Crippen molar-refractivity contribution in [1.29, 1.82) is 0 Å². The predicted octanol–water partition coefficient (Wildman–Crippen LogP) is 2.78. The summed E-state index contributed by atoms with van der Waals surface area (Å²) in [5.41, 5.74) is 11.8. The number of hydrazine groups is 1. The lowest BCUT2D eigenvalue weighted by atomic mass is 9.98. The Bertz CT molecular complexity index is 528. The SMILES string of the molecule is NNC(Cc1ccccc1Br)c1ccccc1N. The smallest absolute Gasteiger partial charge is 0.0521 e. The van der Waals surface area contributed by atoms with Gasteiger partial charge in [0.05, 0.1) is 6.04 Å². The number of hydrogen-bond donors (Lipinski definition) is 3. The standard InChI is InChI=1S/C14H16BrN3/c15-12-7-3-1-5-10(12)9-14(18-17)11-6-2-4-8-13(11)16/h1-8,14,18H,9,16-17H2. The molecule has 0 saturated heterocycles. The van der Waals surface area contributed by atoms with Crippen molar-refractivity contribution in [2.45, 2.75) is 12.5 Å². The maximum absolute atomic E-state index is 5.98. The lowest BCUT2D eigenvalue weighted by molar-refractivity contribution is 0.552. The number of halogens is 1. The fourth-order valence-corrected chi connectivity index (χ4v) is 2.42. The number of anilines is 1. The van der Waals surface area contributed by atoms with E-state index in [0.717, 1.165) is 22.1 Å². The first-order valence-corrected chi connectivity index (χ1v) is 6.55. The number of para-hydroxylation sites is 1. The third-order valence-electron chi connectivity index (χ3n) is 2.95. The number of nitrogen functional groups attached to an aromatic ring is 1. The van der Waals surface area contributed by atoms with Crippen molar-refractivity contribution in [3.8, 4) is 0 Å². The van der Waals surface area contributed by atoms with E-state index >= 15 is 0 Å². The molecule has 0 aliphatic carbocycles. The molecule has 0 spiro atoms. The van der Waals surface area contributed by atoms with Crippen LogP contribution in [0.3, 0.4) is 0 Å². The lowest BCUT2D eigenvalue weighted by Gasteiger charge is -2.19. The summed E-state index contributed by atoms with van der Waals surface area (Å²) in [4.78, 5) is 0. The molecule has 0 bridgehead atoms. The maximum Gasteiger partial charge on any atom is 0.0521 e. The number of hydrogen-bond acceptors (Lipinski definition) is 3. The van der Waals surface area contributed by atoms with Gasteiger partial charge in [0.15, 0.2) is 0 Å². The molecule has 94 valence electrons. The van der Waals surface area contributed by atoms with Gasteiger partial charge in [-0.25, -0.2) is 0 Å². The molecule has 2 aromatic carbocycles. The highest BCUT2D eigenvalue weighted by molar-refractivity contribution is 9.10. The van der Waals surface area contributed by atoms with Gasteiger partial charge in [-0.2, -0.15) is 0 Å². The number of benzene rings is 2. The lowest BCUT2D eigenvalue weighted by Crippen LogP contribution is -2.30. The zero-order valence-corrected chi connectivity index (χ0v) is 11.5. The van der Waals surface area contributed by atoms with Crippen LogP contribution in [0.1, 0.15) is 17.2 Å². The Hall–Kier alpha value is -1.36. The molecular weight excluding hydrogens is 290 g/mol. The van der Waals surface area contributed by atoms with Gasteiger partial charge in [-0.05, 0) is 29.7 Å². The van der Waals surface area contributed by atoms with E-state index in [-0.39, 0.29) is 6.04 Å². The fourth-order valence-electron chi connectivity index (χ4n) is 1.97. The van der Waals surface area contributed by atoms with Crippen LogP contribution in [0.2, 0.25) is 0 Å². The predicted molar refractivity (Wildman–Crippen MR) is 78.8 cm³/mol. The normalized spacial score (nSPS) is 12.3.